The first-order valence-corrected chi connectivity index (χ1v) is 11.0. The van der Waals surface area contributed by atoms with Crippen LogP contribution < -0.4 is 5.56 Å². The number of halogens is 1. The number of aryl methyl sites for hydroxylation is 1. The van der Waals surface area contributed by atoms with Crippen molar-refractivity contribution in [2.24, 2.45) is 0 Å². The zero-order valence-corrected chi connectivity index (χ0v) is 18.6. The van der Waals surface area contributed by atoms with E-state index in [2.05, 4.69) is 4.98 Å². The van der Waals surface area contributed by atoms with Crippen LogP contribution in [0.5, 0.6) is 5.75 Å². The third kappa shape index (κ3) is 4.99. The molecule has 3 heterocycles. The summed E-state index contributed by atoms with van der Waals surface area (Å²) in [6, 6.07) is 10.2. The van der Waals surface area contributed by atoms with Gasteiger partial charge in [-0.2, -0.15) is 0 Å². The number of aromatic hydroxyl groups is 1. The first-order chi connectivity index (χ1) is 15.4. The lowest BCUT2D eigenvalue weighted by atomic mass is 10.1. The van der Waals surface area contributed by atoms with E-state index in [1.54, 1.807) is 19.3 Å². The Morgan fingerprint density at radius 1 is 1.25 bits per heavy atom. The molecule has 32 heavy (non-hydrogen) atoms. The molecule has 1 amide bonds. The van der Waals surface area contributed by atoms with Crippen molar-refractivity contribution in [2.75, 3.05) is 6.54 Å². The number of carbonyl (C=O) groups is 1. The van der Waals surface area contributed by atoms with E-state index in [0.717, 1.165) is 35.9 Å². The highest BCUT2D eigenvalue weighted by molar-refractivity contribution is 6.30. The van der Waals surface area contributed by atoms with Crippen LogP contribution in [-0.4, -0.2) is 37.0 Å². The molecule has 0 aliphatic carbocycles. The van der Waals surface area contributed by atoms with Crippen LogP contribution in [0.3, 0.4) is 0 Å². The van der Waals surface area contributed by atoms with E-state index in [9.17, 15) is 14.7 Å². The molecule has 1 aromatic carbocycles. The largest absolute Gasteiger partial charge is 0.508 e. The number of hydrogen-bond donors (Lipinski definition) is 1. The zero-order chi connectivity index (χ0) is 22.7. The van der Waals surface area contributed by atoms with Crippen molar-refractivity contribution in [3.63, 3.8) is 0 Å². The van der Waals surface area contributed by atoms with Gasteiger partial charge in [0.1, 0.15) is 5.75 Å². The second kappa shape index (κ2) is 9.53. The van der Waals surface area contributed by atoms with Crippen LogP contribution in [0.1, 0.15) is 47.9 Å². The predicted octanol–water partition coefficient (Wildman–Crippen LogP) is 3.65. The second-order valence-corrected chi connectivity index (χ2v) is 8.52. The van der Waals surface area contributed by atoms with Gasteiger partial charge in [0.05, 0.1) is 23.6 Å². The standard InChI is InChI=1S/C24H25ClN4O3/c1-16-10-20(30)13-24(32)28(16)9-7-23(31)29-8-3-6-22(29)21-15-26-14-19(27-21)12-17-4-2-5-18(25)11-17/h2,4-5,10-11,13-15,22,30H,3,6-9,12H2,1H3/t22-/m0/s1. The van der Waals surface area contributed by atoms with Crippen molar-refractivity contribution in [2.45, 2.75) is 45.2 Å². The molecule has 1 fully saturated rings. The van der Waals surface area contributed by atoms with Crippen LogP contribution in [0.2, 0.25) is 5.02 Å². The first-order valence-electron chi connectivity index (χ1n) is 10.7. The maximum atomic E-state index is 13.0. The summed E-state index contributed by atoms with van der Waals surface area (Å²) in [6.45, 7) is 2.67. The maximum absolute atomic E-state index is 13.0. The van der Waals surface area contributed by atoms with E-state index >= 15 is 0 Å². The molecule has 1 atom stereocenters. The predicted molar refractivity (Wildman–Crippen MR) is 122 cm³/mol. The summed E-state index contributed by atoms with van der Waals surface area (Å²) in [4.78, 5) is 36.1. The summed E-state index contributed by atoms with van der Waals surface area (Å²) < 4.78 is 1.51. The van der Waals surface area contributed by atoms with Crippen molar-refractivity contribution in [3.8, 4) is 5.75 Å². The lowest BCUT2D eigenvalue weighted by Gasteiger charge is -2.25. The molecule has 1 aliphatic rings. The Hall–Kier alpha value is -3.19. The molecule has 1 saturated heterocycles. The Morgan fingerprint density at radius 2 is 2.09 bits per heavy atom. The quantitative estimate of drug-likeness (QED) is 0.616. The molecule has 0 spiro atoms. The van der Waals surface area contributed by atoms with Gasteiger partial charge in [-0.05, 0) is 43.5 Å². The van der Waals surface area contributed by atoms with Gasteiger partial charge in [0, 0.05) is 48.9 Å². The van der Waals surface area contributed by atoms with E-state index in [1.165, 1.54) is 10.6 Å². The van der Waals surface area contributed by atoms with Gasteiger partial charge in [-0.25, -0.2) is 0 Å². The van der Waals surface area contributed by atoms with Crippen molar-refractivity contribution in [1.82, 2.24) is 19.4 Å². The highest BCUT2D eigenvalue weighted by Crippen LogP contribution is 2.31. The molecule has 166 valence electrons. The number of carbonyl (C=O) groups excluding carboxylic acids is 1. The van der Waals surface area contributed by atoms with Gasteiger partial charge in [0.25, 0.3) is 5.56 Å². The zero-order valence-electron chi connectivity index (χ0n) is 17.9. The summed E-state index contributed by atoms with van der Waals surface area (Å²) in [6.07, 6.45) is 6.02. The Bertz CT molecular complexity index is 1190. The first kappa shape index (κ1) is 22.0. The van der Waals surface area contributed by atoms with Gasteiger partial charge in [-0.1, -0.05) is 23.7 Å². The maximum Gasteiger partial charge on any atom is 0.254 e. The van der Waals surface area contributed by atoms with Gasteiger partial charge in [-0.3, -0.25) is 19.6 Å². The minimum Gasteiger partial charge on any atom is -0.508 e. The van der Waals surface area contributed by atoms with Crippen LogP contribution in [0.4, 0.5) is 0 Å². The van der Waals surface area contributed by atoms with E-state index in [0.29, 0.717) is 23.7 Å². The highest BCUT2D eigenvalue weighted by Gasteiger charge is 2.31. The fourth-order valence-electron chi connectivity index (χ4n) is 4.25. The molecule has 8 heteroatoms. The minimum atomic E-state index is -0.312. The minimum absolute atomic E-state index is 0.0195. The van der Waals surface area contributed by atoms with E-state index in [-0.39, 0.29) is 36.2 Å². The van der Waals surface area contributed by atoms with E-state index < -0.39 is 0 Å². The highest BCUT2D eigenvalue weighted by atomic mass is 35.5. The SMILES string of the molecule is Cc1cc(O)cc(=O)n1CCC(=O)N1CCC[C@H]1c1cncc(Cc2cccc(Cl)c2)n1. The average molecular weight is 453 g/mol. The third-order valence-corrected chi connectivity index (χ3v) is 6.00. The molecule has 4 rings (SSSR count). The molecule has 2 aromatic heterocycles. The molecule has 0 saturated carbocycles. The number of aromatic nitrogens is 3. The van der Waals surface area contributed by atoms with Crippen LogP contribution in [0, 0.1) is 6.92 Å². The topological polar surface area (TPSA) is 88.3 Å². The van der Waals surface area contributed by atoms with E-state index in [1.807, 2.05) is 29.2 Å². The van der Waals surface area contributed by atoms with Crippen LogP contribution in [-0.2, 0) is 17.8 Å². The summed E-state index contributed by atoms with van der Waals surface area (Å²) in [5.74, 6) is -0.0835. The van der Waals surface area contributed by atoms with Gasteiger partial charge in [-0.15, -0.1) is 0 Å². The second-order valence-electron chi connectivity index (χ2n) is 8.08. The van der Waals surface area contributed by atoms with Crippen molar-refractivity contribution < 1.29 is 9.90 Å². The Balaban J connectivity index is 1.46. The molecule has 0 unspecified atom stereocenters. The van der Waals surface area contributed by atoms with Gasteiger partial charge < -0.3 is 14.6 Å². The lowest BCUT2D eigenvalue weighted by molar-refractivity contribution is -0.132. The Morgan fingerprint density at radius 3 is 2.88 bits per heavy atom. The number of rotatable bonds is 6. The fraction of sp³-hybridized carbons (Fsp3) is 0.333. The number of nitrogens with zero attached hydrogens (tertiary/aromatic N) is 4. The normalized spacial score (nSPS) is 15.8. The molecular formula is C24H25ClN4O3. The molecule has 1 aliphatic heterocycles. The smallest absolute Gasteiger partial charge is 0.254 e. The molecule has 3 aromatic rings. The number of pyridine rings is 1. The monoisotopic (exact) mass is 452 g/mol. The molecule has 0 bridgehead atoms. The number of benzene rings is 1. The molecule has 1 N–H and O–H groups in total. The molecule has 7 nitrogen and oxygen atoms in total. The van der Waals surface area contributed by atoms with Crippen LogP contribution in [0.15, 0.2) is 53.6 Å². The van der Waals surface area contributed by atoms with Gasteiger partial charge in [0.15, 0.2) is 0 Å². The number of hydrogen-bond acceptors (Lipinski definition) is 5. The Labute approximate surface area is 191 Å². The summed E-state index contributed by atoms with van der Waals surface area (Å²) in [5.41, 5.74) is 2.98. The van der Waals surface area contributed by atoms with Gasteiger partial charge >= 0.3 is 0 Å². The van der Waals surface area contributed by atoms with Crippen molar-refractivity contribution >= 4 is 17.5 Å². The van der Waals surface area contributed by atoms with Crippen molar-refractivity contribution in [1.29, 1.82) is 0 Å². The molecule has 0 radical (unpaired) electrons. The third-order valence-electron chi connectivity index (χ3n) is 5.76. The summed E-state index contributed by atoms with van der Waals surface area (Å²) >= 11 is 6.09. The average Bonchev–Trinajstić information content (AvgIpc) is 3.23. The van der Waals surface area contributed by atoms with Crippen LogP contribution in [0.25, 0.3) is 0 Å². The lowest BCUT2D eigenvalue weighted by Crippen LogP contribution is -2.33. The van der Waals surface area contributed by atoms with E-state index in [4.69, 9.17) is 16.6 Å². The number of likely N-dealkylation sites (tertiary alicyclic amines) is 1. The number of amides is 1. The fourth-order valence-corrected chi connectivity index (χ4v) is 4.46. The van der Waals surface area contributed by atoms with Crippen LogP contribution >= 0.6 is 11.6 Å². The molecular weight excluding hydrogens is 428 g/mol. The summed E-state index contributed by atoms with van der Waals surface area (Å²) in [5, 5.41) is 10.2. The van der Waals surface area contributed by atoms with Crippen molar-refractivity contribution in [3.05, 3.63) is 86.8 Å². The summed E-state index contributed by atoms with van der Waals surface area (Å²) in [7, 11) is 0. The Kier molecular flexibility index (Phi) is 6.55. The van der Waals surface area contributed by atoms with Gasteiger partial charge in [0.2, 0.25) is 5.91 Å².